The zero-order valence-electron chi connectivity index (χ0n) is 12.3. The third-order valence-corrected chi connectivity index (χ3v) is 4.03. The van der Waals surface area contributed by atoms with Crippen molar-refractivity contribution in [3.05, 3.63) is 29.8 Å². The topological polar surface area (TPSA) is 64.3 Å². The highest BCUT2D eigenvalue weighted by molar-refractivity contribution is 7.80. The Balaban J connectivity index is 1.85. The van der Waals surface area contributed by atoms with Gasteiger partial charge in [0.25, 0.3) is 5.91 Å². The molecule has 1 fully saturated rings. The summed E-state index contributed by atoms with van der Waals surface area (Å²) in [4.78, 5) is 12.2. The fourth-order valence-electron chi connectivity index (χ4n) is 2.77. The molecule has 2 unspecified atom stereocenters. The molecule has 114 valence electrons. The van der Waals surface area contributed by atoms with Crippen molar-refractivity contribution in [3.8, 4) is 5.75 Å². The average Bonchev–Trinajstić information content (AvgIpc) is 2.45. The van der Waals surface area contributed by atoms with E-state index in [4.69, 9.17) is 22.7 Å². The van der Waals surface area contributed by atoms with Crippen molar-refractivity contribution in [2.45, 2.75) is 38.6 Å². The third-order valence-electron chi connectivity index (χ3n) is 3.81. The van der Waals surface area contributed by atoms with Gasteiger partial charge in [0.15, 0.2) is 6.61 Å². The van der Waals surface area contributed by atoms with E-state index in [9.17, 15) is 4.79 Å². The Bertz CT molecular complexity index is 519. The smallest absolute Gasteiger partial charge is 0.258 e. The van der Waals surface area contributed by atoms with Crippen LogP contribution in [0.25, 0.3) is 0 Å². The van der Waals surface area contributed by atoms with E-state index in [1.807, 2.05) is 12.1 Å². The number of benzene rings is 1. The van der Waals surface area contributed by atoms with E-state index >= 15 is 0 Å². The largest absolute Gasteiger partial charge is 0.483 e. The normalized spacial score (nSPS) is 21.6. The van der Waals surface area contributed by atoms with Crippen LogP contribution < -0.4 is 15.8 Å². The molecule has 21 heavy (non-hydrogen) atoms. The highest BCUT2D eigenvalue weighted by atomic mass is 32.1. The van der Waals surface area contributed by atoms with Crippen LogP contribution in [0.1, 0.15) is 38.2 Å². The van der Waals surface area contributed by atoms with Crippen LogP contribution >= 0.6 is 12.2 Å². The fourth-order valence-corrected chi connectivity index (χ4v) is 2.94. The number of nitrogens with two attached hydrogens (primary N) is 1. The Morgan fingerprint density at radius 1 is 1.43 bits per heavy atom. The molecule has 0 radical (unpaired) electrons. The molecule has 5 heteroatoms. The lowest BCUT2D eigenvalue weighted by molar-refractivity contribution is -0.124. The number of carbonyl (C=O) groups excluding carboxylic acids is 1. The molecule has 0 spiro atoms. The first-order valence-electron chi connectivity index (χ1n) is 7.37. The van der Waals surface area contributed by atoms with Crippen LogP contribution in [0, 0.1) is 5.92 Å². The number of hydrogen-bond acceptors (Lipinski definition) is 3. The van der Waals surface area contributed by atoms with Crippen molar-refractivity contribution >= 4 is 23.1 Å². The lowest BCUT2D eigenvalue weighted by atomic mass is 9.87. The average molecular weight is 306 g/mol. The quantitative estimate of drug-likeness (QED) is 0.820. The van der Waals surface area contributed by atoms with Crippen molar-refractivity contribution in [2.75, 3.05) is 6.61 Å². The third kappa shape index (κ3) is 4.70. The summed E-state index contributed by atoms with van der Waals surface area (Å²) in [6.07, 6.45) is 4.54. The molecule has 1 saturated carbocycles. The summed E-state index contributed by atoms with van der Waals surface area (Å²) in [5, 5.41) is 3.04. The standard InChI is InChI=1S/C16H22N2O2S/c1-11-5-4-6-12(9-11)18-15(19)10-20-14-8-3-2-7-13(14)16(17)21/h2-3,7-8,11-12H,4-6,9-10H2,1H3,(H2,17,21)(H,18,19). The first-order chi connectivity index (χ1) is 10.1. The lowest BCUT2D eigenvalue weighted by Crippen LogP contribution is -2.40. The van der Waals surface area contributed by atoms with E-state index in [1.165, 1.54) is 12.8 Å². The summed E-state index contributed by atoms with van der Waals surface area (Å²) in [5.74, 6) is 1.14. The molecule has 0 saturated heterocycles. The number of ether oxygens (including phenoxy) is 1. The molecule has 1 amide bonds. The minimum Gasteiger partial charge on any atom is -0.483 e. The van der Waals surface area contributed by atoms with E-state index in [0.29, 0.717) is 17.2 Å². The van der Waals surface area contributed by atoms with E-state index in [1.54, 1.807) is 12.1 Å². The van der Waals surface area contributed by atoms with E-state index in [0.717, 1.165) is 12.8 Å². The number of amides is 1. The van der Waals surface area contributed by atoms with Gasteiger partial charge in [0, 0.05) is 6.04 Å². The number of thiocarbonyl (C=S) groups is 1. The molecule has 1 aliphatic rings. The van der Waals surface area contributed by atoms with Crippen molar-refractivity contribution in [1.82, 2.24) is 5.32 Å². The van der Waals surface area contributed by atoms with Gasteiger partial charge in [-0.3, -0.25) is 4.79 Å². The number of rotatable bonds is 5. The van der Waals surface area contributed by atoms with Gasteiger partial charge >= 0.3 is 0 Å². The second-order valence-corrected chi connectivity index (χ2v) is 6.13. The van der Waals surface area contributed by atoms with Gasteiger partial charge in [-0.2, -0.15) is 0 Å². The monoisotopic (exact) mass is 306 g/mol. The molecule has 4 nitrogen and oxygen atoms in total. The van der Waals surface area contributed by atoms with Crippen molar-refractivity contribution in [3.63, 3.8) is 0 Å². The molecule has 0 heterocycles. The molecular weight excluding hydrogens is 284 g/mol. The van der Waals surface area contributed by atoms with E-state index in [2.05, 4.69) is 12.2 Å². The Morgan fingerprint density at radius 3 is 2.90 bits per heavy atom. The first-order valence-corrected chi connectivity index (χ1v) is 7.78. The second-order valence-electron chi connectivity index (χ2n) is 5.69. The summed E-state index contributed by atoms with van der Waals surface area (Å²) in [6, 6.07) is 7.50. The summed E-state index contributed by atoms with van der Waals surface area (Å²) in [7, 11) is 0. The number of para-hydroxylation sites is 1. The Labute approximate surface area is 131 Å². The summed E-state index contributed by atoms with van der Waals surface area (Å²) < 4.78 is 5.55. The SMILES string of the molecule is CC1CCCC(NC(=O)COc2ccccc2C(N)=S)C1. The molecule has 1 aliphatic carbocycles. The van der Waals surface area contributed by atoms with Crippen LogP contribution in [0.4, 0.5) is 0 Å². The van der Waals surface area contributed by atoms with Crippen LogP contribution in [-0.2, 0) is 4.79 Å². The molecule has 0 aliphatic heterocycles. The molecule has 0 bridgehead atoms. The number of carbonyl (C=O) groups is 1. The predicted molar refractivity (Wildman–Crippen MR) is 87.4 cm³/mol. The molecule has 2 rings (SSSR count). The van der Waals surface area contributed by atoms with Gasteiger partial charge in [0.1, 0.15) is 10.7 Å². The lowest BCUT2D eigenvalue weighted by Gasteiger charge is -2.27. The van der Waals surface area contributed by atoms with Gasteiger partial charge in [0.2, 0.25) is 0 Å². The van der Waals surface area contributed by atoms with Crippen LogP contribution in [0.2, 0.25) is 0 Å². The van der Waals surface area contributed by atoms with Crippen LogP contribution in [-0.4, -0.2) is 23.5 Å². The van der Waals surface area contributed by atoms with Crippen LogP contribution in [0.5, 0.6) is 5.75 Å². The first kappa shape index (κ1) is 15.8. The fraction of sp³-hybridized carbons (Fsp3) is 0.500. The van der Waals surface area contributed by atoms with E-state index < -0.39 is 0 Å². The van der Waals surface area contributed by atoms with E-state index in [-0.39, 0.29) is 23.5 Å². The summed E-state index contributed by atoms with van der Waals surface area (Å²) in [5.41, 5.74) is 6.30. The minimum absolute atomic E-state index is 0.00942. The van der Waals surface area contributed by atoms with Crippen molar-refractivity contribution < 1.29 is 9.53 Å². The molecule has 3 N–H and O–H groups in total. The van der Waals surface area contributed by atoms with Gasteiger partial charge in [-0.1, -0.05) is 44.1 Å². The molecular formula is C16H22N2O2S. The molecule has 2 atom stereocenters. The Kier molecular flexibility index (Phi) is 5.56. The number of hydrogen-bond donors (Lipinski definition) is 2. The van der Waals surface area contributed by atoms with Gasteiger partial charge in [-0.15, -0.1) is 0 Å². The van der Waals surface area contributed by atoms with Gasteiger partial charge in [-0.05, 0) is 30.9 Å². The Hall–Kier alpha value is -1.62. The predicted octanol–water partition coefficient (Wildman–Crippen LogP) is 2.39. The molecule has 0 aromatic heterocycles. The maximum absolute atomic E-state index is 12.0. The Morgan fingerprint density at radius 2 is 2.19 bits per heavy atom. The highest BCUT2D eigenvalue weighted by Crippen LogP contribution is 2.23. The molecule has 1 aromatic rings. The second kappa shape index (κ2) is 7.41. The number of nitrogens with one attached hydrogen (secondary N) is 1. The minimum atomic E-state index is -0.0909. The maximum atomic E-state index is 12.0. The highest BCUT2D eigenvalue weighted by Gasteiger charge is 2.20. The van der Waals surface area contributed by atoms with Crippen LogP contribution in [0.3, 0.4) is 0 Å². The van der Waals surface area contributed by atoms with Crippen molar-refractivity contribution in [2.24, 2.45) is 11.7 Å². The zero-order chi connectivity index (χ0) is 15.2. The van der Waals surface area contributed by atoms with Gasteiger partial charge in [-0.25, -0.2) is 0 Å². The summed E-state index contributed by atoms with van der Waals surface area (Å²) >= 11 is 4.97. The summed E-state index contributed by atoms with van der Waals surface area (Å²) in [6.45, 7) is 2.22. The molecule has 1 aromatic carbocycles. The van der Waals surface area contributed by atoms with Gasteiger partial charge < -0.3 is 15.8 Å². The van der Waals surface area contributed by atoms with Gasteiger partial charge in [0.05, 0.1) is 5.56 Å². The maximum Gasteiger partial charge on any atom is 0.258 e. The zero-order valence-corrected chi connectivity index (χ0v) is 13.1. The van der Waals surface area contributed by atoms with Crippen molar-refractivity contribution in [1.29, 1.82) is 0 Å². The van der Waals surface area contributed by atoms with Crippen LogP contribution in [0.15, 0.2) is 24.3 Å².